The van der Waals surface area contributed by atoms with Gasteiger partial charge in [0.05, 0.1) is 9.83 Å². The fourth-order valence-corrected chi connectivity index (χ4v) is 4.78. The standard InChI is InChI=1S/C15H20BrNS2/c1-4-8-17-14(12-7-6-11(5-2)18-12)13-9-10(3)15(16)19-13/h6-7,9,14,17H,4-5,8H2,1-3H3. The Morgan fingerprint density at radius 2 is 2.00 bits per heavy atom. The summed E-state index contributed by atoms with van der Waals surface area (Å²) in [6, 6.07) is 7.18. The van der Waals surface area contributed by atoms with Crippen LogP contribution in [-0.4, -0.2) is 6.54 Å². The van der Waals surface area contributed by atoms with Crippen LogP contribution < -0.4 is 5.32 Å². The van der Waals surface area contributed by atoms with Gasteiger partial charge in [-0.25, -0.2) is 0 Å². The zero-order valence-electron chi connectivity index (χ0n) is 11.6. The van der Waals surface area contributed by atoms with Gasteiger partial charge >= 0.3 is 0 Å². The molecule has 4 heteroatoms. The normalized spacial score (nSPS) is 12.8. The van der Waals surface area contributed by atoms with Crippen molar-refractivity contribution in [1.29, 1.82) is 0 Å². The van der Waals surface area contributed by atoms with Gasteiger partial charge < -0.3 is 5.32 Å². The van der Waals surface area contributed by atoms with E-state index in [-0.39, 0.29) is 0 Å². The van der Waals surface area contributed by atoms with E-state index in [1.807, 2.05) is 22.7 Å². The summed E-state index contributed by atoms with van der Waals surface area (Å²) in [5.41, 5.74) is 1.33. The fourth-order valence-electron chi connectivity index (χ4n) is 2.00. The van der Waals surface area contributed by atoms with Crippen molar-refractivity contribution in [1.82, 2.24) is 5.32 Å². The monoisotopic (exact) mass is 357 g/mol. The lowest BCUT2D eigenvalue weighted by Crippen LogP contribution is -2.21. The lowest BCUT2D eigenvalue weighted by atomic mass is 10.1. The van der Waals surface area contributed by atoms with Gasteiger partial charge in [0.2, 0.25) is 0 Å². The van der Waals surface area contributed by atoms with E-state index in [0.717, 1.165) is 19.4 Å². The van der Waals surface area contributed by atoms with Crippen LogP contribution in [0, 0.1) is 6.92 Å². The summed E-state index contributed by atoms with van der Waals surface area (Å²) in [6.07, 6.45) is 2.28. The molecule has 2 heterocycles. The second-order valence-electron chi connectivity index (χ2n) is 4.65. The lowest BCUT2D eigenvalue weighted by Gasteiger charge is -2.15. The van der Waals surface area contributed by atoms with Crippen molar-refractivity contribution in [2.75, 3.05) is 6.54 Å². The van der Waals surface area contributed by atoms with Crippen LogP contribution in [0.5, 0.6) is 0 Å². The molecule has 2 aromatic rings. The summed E-state index contributed by atoms with van der Waals surface area (Å²) in [4.78, 5) is 4.30. The Morgan fingerprint density at radius 3 is 2.53 bits per heavy atom. The van der Waals surface area contributed by atoms with Crippen LogP contribution in [0.4, 0.5) is 0 Å². The van der Waals surface area contributed by atoms with Gasteiger partial charge in [0.25, 0.3) is 0 Å². The smallest absolute Gasteiger partial charge is 0.0765 e. The molecule has 1 unspecified atom stereocenters. The molecule has 0 aliphatic heterocycles. The van der Waals surface area contributed by atoms with Gasteiger partial charge in [0, 0.05) is 14.6 Å². The van der Waals surface area contributed by atoms with Crippen molar-refractivity contribution in [2.45, 2.75) is 39.7 Å². The zero-order valence-corrected chi connectivity index (χ0v) is 14.8. The largest absolute Gasteiger partial charge is 0.305 e. The highest BCUT2D eigenvalue weighted by Crippen LogP contribution is 2.36. The fraction of sp³-hybridized carbons (Fsp3) is 0.467. The van der Waals surface area contributed by atoms with Gasteiger partial charge in [-0.05, 0) is 66.0 Å². The van der Waals surface area contributed by atoms with Gasteiger partial charge in [-0.15, -0.1) is 22.7 Å². The summed E-state index contributed by atoms with van der Waals surface area (Å²) in [5, 5.41) is 3.68. The molecule has 1 atom stereocenters. The molecule has 0 radical (unpaired) electrons. The van der Waals surface area contributed by atoms with Crippen molar-refractivity contribution in [3.63, 3.8) is 0 Å². The summed E-state index contributed by atoms with van der Waals surface area (Å²) in [6.45, 7) is 7.65. The zero-order chi connectivity index (χ0) is 13.8. The maximum absolute atomic E-state index is 3.68. The molecule has 2 rings (SSSR count). The molecule has 0 aliphatic carbocycles. The van der Waals surface area contributed by atoms with Crippen LogP contribution in [0.15, 0.2) is 22.0 Å². The molecule has 0 aromatic carbocycles. The molecule has 0 spiro atoms. The van der Waals surface area contributed by atoms with Crippen molar-refractivity contribution in [2.24, 2.45) is 0 Å². The molecule has 2 aromatic heterocycles. The van der Waals surface area contributed by atoms with E-state index in [2.05, 4.69) is 60.2 Å². The second kappa shape index (κ2) is 7.02. The molecule has 19 heavy (non-hydrogen) atoms. The molecule has 0 saturated carbocycles. The van der Waals surface area contributed by atoms with E-state index < -0.39 is 0 Å². The Bertz CT molecular complexity index is 510. The predicted octanol–water partition coefficient (Wildman–Crippen LogP) is 5.53. The van der Waals surface area contributed by atoms with E-state index in [1.54, 1.807) is 0 Å². The van der Waals surface area contributed by atoms with Crippen molar-refractivity contribution in [3.05, 3.63) is 42.2 Å². The molecule has 0 amide bonds. The number of thiophene rings is 2. The minimum absolute atomic E-state index is 0.347. The topological polar surface area (TPSA) is 12.0 Å². The molecule has 0 bridgehead atoms. The molecule has 0 saturated heterocycles. The summed E-state index contributed by atoms with van der Waals surface area (Å²) >= 11 is 7.41. The molecular weight excluding hydrogens is 338 g/mol. The highest BCUT2D eigenvalue weighted by Gasteiger charge is 2.18. The number of rotatable bonds is 6. The minimum atomic E-state index is 0.347. The second-order valence-corrected chi connectivity index (χ2v) is 8.25. The van der Waals surface area contributed by atoms with Crippen LogP contribution in [0.2, 0.25) is 0 Å². The summed E-state index contributed by atoms with van der Waals surface area (Å²) in [7, 11) is 0. The van der Waals surface area contributed by atoms with Gasteiger partial charge in [-0.1, -0.05) is 13.8 Å². The van der Waals surface area contributed by atoms with Crippen LogP contribution in [0.1, 0.15) is 46.5 Å². The predicted molar refractivity (Wildman–Crippen MR) is 90.6 cm³/mol. The number of halogens is 1. The van der Waals surface area contributed by atoms with Crippen molar-refractivity contribution < 1.29 is 0 Å². The maximum atomic E-state index is 3.68. The van der Waals surface area contributed by atoms with E-state index in [4.69, 9.17) is 0 Å². The summed E-state index contributed by atoms with van der Waals surface area (Å²) < 4.78 is 1.25. The van der Waals surface area contributed by atoms with Crippen molar-refractivity contribution in [3.8, 4) is 0 Å². The van der Waals surface area contributed by atoms with E-state index in [1.165, 1.54) is 24.0 Å². The molecule has 104 valence electrons. The van der Waals surface area contributed by atoms with E-state index in [0.29, 0.717) is 6.04 Å². The highest BCUT2D eigenvalue weighted by molar-refractivity contribution is 9.11. The molecule has 1 N–H and O–H groups in total. The third-order valence-electron chi connectivity index (χ3n) is 3.07. The average molecular weight is 358 g/mol. The quantitative estimate of drug-likeness (QED) is 0.716. The Kier molecular flexibility index (Phi) is 5.63. The first-order chi connectivity index (χ1) is 9.15. The SMILES string of the molecule is CCCNC(c1ccc(CC)s1)c1cc(C)c(Br)s1. The maximum Gasteiger partial charge on any atom is 0.0765 e. The lowest BCUT2D eigenvalue weighted by molar-refractivity contribution is 0.613. The first-order valence-electron chi connectivity index (χ1n) is 6.73. The number of nitrogens with one attached hydrogen (secondary N) is 1. The summed E-state index contributed by atoms with van der Waals surface area (Å²) in [5.74, 6) is 0. The van der Waals surface area contributed by atoms with Gasteiger partial charge in [0.1, 0.15) is 0 Å². The minimum Gasteiger partial charge on any atom is -0.305 e. The van der Waals surface area contributed by atoms with Gasteiger partial charge in [-0.3, -0.25) is 0 Å². The third-order valence-corrected chi connectivity index (χ3v) is 6.57. The van der Waals surface area contributed by atoms with Crippen molar-refractivity contribution >= 4 is 38.6 Å². The first kappa shape index (κ1) is 15.2. The van der Waals surface area contributed by atoms with Crippen LogP contribution >= 0.6 is 38.6 Å². The first-order valence-corrected chi connectivity index (χ1v) is 9.16. The van der Waals surface area contributed by atoms with Crippen LogP contribution in [0.25, 0.3) is 0 Å². The van der Waals surface area contributed by atoms with Crippen LogP contribution in [-0.2, 0) is 6.42 Å². The Morgan fingerprint density at radius 1 is 1.21 bits per heavy atom. The molecule has 0 fully saturated rings. The Labute approximate surface area is 132 Å². The van der Waals surface area contributed by atoms with Crippen LogP contribution in [0.3, 0.4) is 0 Å². The number of hydrogen-bond donors (Lipinski definition) is 1. The van der Waals surface area contributed by atoms with Gasteiger partial charge in [-0.2, -0.15) is 0 Å². The highest BCUT2D eigenvalue weighted by atomic mass is 79.9. The molecular formula is C15H20BrNS2. The number of hydrogen-bond acceptors (Lipinski definition) is 3. The van der Waals surface area contributed by atoms with E-state index in [9.17, 15) is 0 Å². The average Bonchev–Trinajstić information content (AvgIpc) is 2.98. The van der Waals surface area contributed by atoms with Gasteiger partial charge in [0.15, 0.2) is 0 Å². The number of aryl methyl sites for hydroxylation is 2. The molecule has 0 aliphatic rings. The molecule has 1 nitrogen and oxygen atoms in total. The Balaban J connectivity index is 2.29. The van der Waals surface area contributed by atoms with E-state index >= 15 is 0 Å². The third kappa shape index (κ3) is 3.69. The Hall–Kier alpha value is -0.160.